The summed E-state index contributed by atoms with van der Waals surface area (Å²) in [6.07, 6.45) is -0.534. The fourth-order valence-corrected chi connectivity index (χ4v) is 7.06. The van der Waals surface area contributed by atoms with Crippen LogP contribution in [0.1, 0.15) is 153 Å². The first-order chi connectivity index (χ1) is 33.4. The van der Waals surface area contributed by atoms with Gasteiger partial charge < -0.3 is 71.7 Å². The summed E-state index contributed by atoms with van der Waals surface area (Å²) in [7, 11) is 0. The van der Waals surface area contributed by atoms with Crippen LogP contribution in [0, 0.1) is 0 Å². The molecule has 6 amide bonds. The SMILES string of the molecule is CC(C)(C)OC(=O)NCCCC[C@H](NC(=O)OC(C)(C)C)C(=O)NCCNc1ccc(NCCNC(=O)[C@H](CCCCNC(=O)OC(C)(C)C)NC(=O)OC(C)(C)C)c2c1C(=O)c1c(O)ccc(O)c1C2=O. The molecular formula is C50H76N8O14. The molecule has 0 saturated heterocycles. The van der Waals surface area contributed by atoms with Gasteiger partial charge in [-0.25, -0.2) is 19.2 Å². The highest BCUT2D eigenvalue weighted by atomic mass is 16.6. The monoisotopic (exact) mass is 1010 g/mol. The number of nitrogens with one attached hydrogen (secondary N) is 8. The van der Waals surface area contributed by atoms with Crippen LogP contribution >= 0.6 is 0 Å². The number of ether oxygens (including phenoxy) is 4. The summed E-state index contributed by atoms with van der Waals surface area (Å²) < 4.78 is 21.3. The van der Waals surface area contributed by atoms with Crippen molar-refractivity contribution in [1.29, 1.82) is 0 Å². The second kappa shape index (κ2) is 25.9. The first-order valence-electron chi connectivity index (χ1n) is 24.1. The minimum absolute atomic E-state index is 0.0164. The van der Waals surface area contributed by atoms with E-state index in [4.69, 9.17) is 18.9 Å². The van der Waals surface area contributed by atoms with Crippen molar-refractivity contribution in [2.75, 3.05) is 49.9 Å². The van der Waals surface area contributed by atoms with E-state index in [0.717, 1.165) is 12.1 Å². The lowest BCUT2D eigenvalue weighted by atomic mass is 9.81. The molecule has 3 rings (SSSR count). The van der Waals surface area contributed by atoms with Crippen molar-refractivity contribution < 1.29 is 67.5 Å². The molecule has 0 aliphatic heterocycles. The number of benzene rings is 2. The van der Waals surface area contributed by atoms with E-state index < -0.39 is 105 Å². The summed E-state index contributed by atoms with van der Waals surface area (Å²) in [6.45, 7) is 21.1. The van der Waals surface area contributed by atoms with E-state index in [1.807, 2.05) is 0 Å². The van der Waals surface area contributed by atoms with Crippen LogP contribution in [0.15, 0.2) is 24.3 Å². The van der Waals surface area contributed by atoms with Crippen LogP contribution in [-0.4, -0.2) is 132 Å². The van der Waals surface area contributed by atoms with Crippen LogP contribution in [0.4, 0.5) is 30.6 Å². The molecule has 0 radical (unpaired) electrons. The van der Waals surface area contributed by atoms with Gasteiger partial charge in [-0.15, -0.1) is 0 Å². The van der Waals surface area contributed by atoms with Gasteiger partial charge in [-0.05, 0) is 146 Å². The van der Waals surface area contributed by atoms with E-state index in [0.29, 0.717) is 25.7 Å². The Kier molecular flexibility index (Phi) is 21.3. The Morgan fingerprint density at radius 1 is 0.431 bits per heavy atom. The molecule has 1 aliphatic carbocycles. The van der Waals surface area contributed by atoms with Crippen LogP contribution < -0.4 is 42.5 Å². The normalized spacial score (nSPS) is 13.2. The molecule has 2 aromatic carbocycles. The lowest BCUT2D eigenvalue weighted by Gasteiger charge is -2.25. The molecule has 2 atom stereocenters. The Labute approximate surface area is 421 Å². The van der Waals surface area contributed by atoms with Gasteiger partial charge in [0.2, 0.25) is 23.4 Å². The molecule has 0 bridgehead atoms. The van der Waals surface area contributed by atoms with Crippen LogP contribution in [0.25, 0.3) is 0 Å². The number of fused-ring (bicyclic) bond motifs is 2. The van der Waals surface area contributed by atoms with Gasteiger partial charge >= 0.3 is 24.4 Å². The summed E-state index contributed by atoms with van der Waals surface area (Å²) in [5.74, 6) is -3.64. The standard InChI is InChI=1S/C50H76N8O14/c1-47(2,3)69-43(65)55-23-15-13-17-31(57-45(67)71-49(7,8)9)41(63)53-27-25-51-29-19-20-30(36-35(29)39(61)37-33(59)21-22-34(60)38(37)40(36)62)52-26-28-54-42(64)32(58-46(68)72-50(10,11)12)18-14-16-24-56-44(66)70-48(4,5)6/h19-22,31-32,51-52,59-60H,13-18,23-28H2,1-12H3,(H,53,63)(H,54,64)(H,55,65)(H,56,66)(H,57,67)(H,58,68)/t31-,32-/m0/s1. The van der Waals surface area contributed by atoms with Gasteiger partial charge in [0, 0.05) is 50.6 Å². The summed E-state index contributed by atoms with van der Waals surface area (Å²) in [5.41, 5.74) is -3.70. The maximum Gasteiger partial charge on any atom is 0.408 e. The number of ketones is 2. The number of amides is 6. The quantitative estimate of drug-likeness (QED) is 0.0309. The van der Waals surface area contributed by atoms with Crippen molar-refractivity contribution in [3.63, 3.8) is 0 Å². The van der Waals surface area contributed by atoms with Gasteiger partial charge in [0.25, 0.3) is 0 Å². The first-order valence-corrected chi connectivity index (χ1v) is 24.1. The predicted octanol–water partition coefficient (Wildman–Crippen LogP) is 6.11. The molecule has 22 heteroatoms. The van der Waals surface area contributed by atoms with E-state index in [-0.39, 0.29) is 74.6 Å². The number of phenolic OH excluding ortho intramolecular Hbond substituents is 2. The molecule has 0 unspecified atom stereocenters. The van der Waals surface area contributed by atoms with Crippen molar-refractivity contribution in [1.82, 2.24) is 31.9 Å². The van der Waals surface area contributed by atoms with Gasteiger partial charge in [0.1, 0.15) is 46.0 Å². The third kappa shape index (κ3) is 20.4. The zero-order valence-electron chi connectivity index (χ0n) is 43.7. The minimum atomic E-state index is -1.01. The number of rotatable bonds is 22. The molecule has 0 aromatic heterocycles. The first kappa shape index (κ1) is 59.3. The topological polar surface area (TPSA) is 310 Å². The second-order valence-electron chi connectivity index (χ2n) is 21.1. The number of aromatic hydroxyl groups is 2. The molecule has 0 spiro atoms. The van der Waals surface area contributed by atoms with E-state index in [9.17, 15) is 48.6 Å². The molecule has 72 heavy (non-hydrogen) atoms. The zero-order chi connectivity index (χ0) is 54.2. The highest BCUT2D eigenvalue weighted by molar-refractivity contribution is 6.33. The second-order valence-corrected chi connectivity index (χ2v) is 21.1. The number of hydrogen-bond donors (Lipinski definition) is 10. The maximum atomic E-state index is 14.2. The van der Waals surface area contributed by atoms with Gasteiger partial charge in [0.15, 0.2) is 0 Å². The van der Waals surface area contributed by atoms with Gasteiger partial charge in [-0.1, -0.05) is 0 Å². The highest BCUT2D eigenvalue weighted by Gasteiger charge is 2.38. The van der Waals surface area contributed by atoms with Crippen molar-refractivity contribution in [3.8, 4) is 11.5 Å². The smallest absolute Gasteiger partial charge is 0.408 e. The summed E-state index contributed by atoms with van der Waals surface area (Å²) in [6, 6.07) is 3.22. The van der Waals surface area contributed by atoms with Crippen LogP contribution in [-0.2, 0) is 28.5 Å². The zero-order valence-corrected chi connectivity index (χ0v) is 43.7. The number of unbranched alkanes of at least 4 members (excludes halogenated alkanes) is 2. The van der Waals surface area contributed by atoms with Crippen LogP contribution in [0.3, 0.4) is 0 Å². The lowest BCUT2D eigenvalue weighted by molar-refractivity contribution is -0.124. The van der Waals surface area contributed by atoms with Gasteiger partial charge in [-0.2, -0.15) is 0 Å². The van der Waals surface area contributed by atoms with E-state index >= 15 is 0 Å². The van der Waals surface area contributed by atoms with E-state index in [2.05, 4.69) is 42.5 Å². The van der Waals surface area contributed by atoms with E-state index in [1.54, 1.807) is 83.1 Å². The Hall–Kier alpha value is -7.00. The van der Waals surface area contributed by atoms with E-state index in [1.165, 1.54) is 12.1 Å². The number of carbonyl (C=O) groups is 8. The molecule has 0 saturated carbocycles. The molecule has 0 fully saturated rings. The Balaban J connectivity index is 1.74. The van der Waals surface area contributed by atoms with Crippen molar-refractivity contribution in [3.05, 3.63) is 46.5 Å². The van der Waals surface area contributed by atoms with Gasteiger partial charge in [0.05, 0.1) is 22.3 Å². The number of alkyl carbamates (subject to hydrolysis) is 4. The van der Waals surface area contributed by atoms with Crippen molar-refractivity contribution >= 4 is 59.1 Å². The molecule has 400 valence electrons. The molecule has 10 N–H and O–H groups in total. The highest BCUT2D eigenvalue weighted by Crippen LogP contribution is 2.42. The molecule has 1 aliphatic rings. The number of hydrogen-bond acceptors (Lipinski definition) is 16. The summed E-state index contributed by atoms with van der Waals surface area (Å²) in [4.78, 5) is 105. The maximum absolute atomic E-state index is 14.2. The minimum Gasteiger partial charge on any atom is -0.507 e. The van der Waals surface area contributed by atoms with Gasteiger partial charge in [-0.3, -0.25) is 19.2 Å². The summed E-state index contributed by atoms with van der Waals surface area (Å²) in [5, 5.41) is 43.7. The van der Waals surface area contributed by atoms with Crippen LogP contribution in [0.2, 0.25) is 0 Å². The number of phenols is 2. The number of carbonyl (C=O) groups excluding carboxylic acids is 8. The molecule has 0 heterocycles. The Bertz CT molecular complexity index is 2120. The van der Waals surface area contributed by atoms with Crippen molar-refractivity contribution in [2.45, 2.75) is 156 Å². The fourth-order valence-electron chi connectivity index (χ4n) is 7.06. The van der Waals surface area contributed by atoms with Crippen LogP contribution in [0.5, 0.6) is 11.5 Å². The molecule has 22 nitrogen and oxygen atoms in total. The Morgan fingerprint density at radius 3 is 1.07 bits per heavy atom. The number of anilines is 2. The largest absolute Gasteiger partial charge is 0.507 e. The molecule has 2 aromatic rings. The predicted molar refractivity (Wildman–Crippen MR) is 269 cm³/mol. The van der Waals surface area contributed by atoms with Crippen molar-refractivity contribution in [2.24, 2.45) is 0 Å². The average molecular weight is 1010 g/mol. The third-order valence-corrected chi connectivity index (χ3v) is 9.94. The lowest BCUT2D eigenvalue weighted by Crippen LogP contribution is -2.49. The molecular weight excluding hydrogens is 937 g/mol. The average Bonchev–Trinajstić information content (AvgIpc) is 3.22. The Morgan fingerprint density at radius 2 is 0.750 bits per heavy atom. The fraction of sp³-hybridized carbons (Fsp3) is 0.600. The summed E-state index contributed by atoms with van der Waals surface area (Å²) >= 11 is 0. The third-order valence-electron chi connectivity index (χ3n) is 9.94.